The van der Waals surface area contributed by atoms with Crippen molar-refractivity contribution in [3.8, 4) is 0 Å². The predicted octanol–water partition coefficient (Wildman–Crippen LogP) is 2.12. The Kier molecular flexibility index (Phi) is 6.22. The molecule has 1 unspecified atom stereocenters. The number of hydrogen-bond acceptors (Lipinski definition) is 3. The van der Waals surface area contributed by atoms with E-state index in [0.29, 0.717) is 13.0 Å². The van der Waals surface area contributed by atoms with Crippen LogP contribution in [0, 0.1) is 12.8 Å². The Hall–Kier alpha value is -0.870. The van der Waals surface area contributed by atoms with Crippen molar-refractivity contribution in [1.29, 1.82) is 0 Å². The van der Waals surface area contributed by atoms with E-state index < -0.39 is 0 Å². The molecule has 1 aromatic rings. The summed E-state index contributed by atoms with van der Waals surface area (Å²) in [5.41, 5.74) is 1.32. The van der Waals surface area contributed by atoms with Gasteiger partial charge in [0, 0.05) is 24.4 Å². The van der Waals surface area contributed by atoms with Gasteiger partial charge >= 0.3 is 0 Å². The molecule has 1 atom stereocenters. The first-order chi connectivity index (χ1) is 8.13. The Morgan fingerprint density at radius 3 is 2.94 bits per heavy atom. The maximum atomic E-state index is 11.5. The number of carbonyl (C=O) groups excluding carboxylic acids is 1. The van der Waals surface area contributed by atoms with Crippen LogP contribution >= 0.6 is 11.3 Å². The van der Waals surface area contributed by atoms with Crippen LogP contribution in [-0.2, 0) is 11.2 Å². The number of carbonyl (C=O) groups is 1. The van der Waals surface area contributed by atoms with Crippen molar-refractivity contribution in [3.63, 3.8) is 0 Å². The quantitative estimate of drug-likeness (QED) is 0.784. The Morgan fingerprint density at radius 2 is 2.35 bits per heavy atom. The molecule has 0 aliphatic heterocycles. The highest BCUT2D eigenvalue weighted by Gasteiger charge is 2.05. The fourth-order valence-electron chi connectivity index (χ4n) is 1.51. The molecule has 1 aromatic heterocycles. The van der Waals surface area contributed by atoms with Crippen LogP contribution in [0.15, 0.2) is 11.4 Å². The third kappa shape index (κ3) is 5.33. The van der Waals surface area contributed by atoms with Gasteiger partial charge in [0.05, 0.1) is 0 Å². The van der Waals surface area contributed by atoms with Crippen LogP contribution < -0.4 is 5.32 Å². The van der Waals surface area contributed by atoms with Crippen LogP contribution in [0.5, 0.6) is 0 Å². The second-order valence-corrected chi connectivity index (χ2v) is 5.47. The number of amides is 1. The minimum absolute atomic E-state index is 0.0829. The van der Waals surface area contributed by atoms with Gasteiger partial charge in [0.1, 0.15) is 0 Å². The van der Waals surface area contributed by atoms with Crippen LogP contribution in [-0.4, -0.2) is 24.2 Å². The van der Waals surface area contributed by atoms with Crippen LogP contribution in [0.25, 0.3) is 0 Å². The minimum atomic E-state index is 0.0829. The van der Waals surface area contributed by atoms with Crippen molar-refractivity contribution in [3.05, 3.63) is 21.9 Å². The van der Waals surface area contributed by atoms with E-state index in [1.165, 1.54) is 10.4 Å². The average Bonchev–Trinajstić information content (AvgIpc) is 2.72. The largest absolute Gasteiger partial charge is 0.396 e. The molecule has 1 rings (SSSR count). The molecule has 1 heterocycles. The highest BCUT2D eigenvalue weighted by atomic mass is 32.1. The zero-order valence-corrected chi connectivity index (χ0v) is 11.3. The lowest BCUT2D eigenvalue weighted by atomic mass is 10.1. The molecular formula is C13H21NO2S. The summed E-state index contributed by atoms with van der Waals surface area (Å²) in [6.45, 7) is 4.70. The molecule has 0 spiro atoms. The molecule has 1 amide bonds. The number of aliphatic hydroxyl groups excluding tert-OH is 1. The summed E-state index contributed by atoms with van der Waals surface area (Å²) in [5, 5.41) is 13.8. The topological polar surface area (TPSA) is 49.3 Å². The average molecular weight is 255 g/mol. The number of rotatable bonds is 7. The van der Waals surface area contributed by atoms with E-state index >= 15 is 0 Å². The smallest absolute Gasteiger partial charge is 0.220 e. The summed E-state index contributed by atoms with van der Waals surface area (Å²) in [6.07, 6.45) is 2.43. The fraction of sp³-hybridized carbons (Fsp3) is 0.615. The van der Waals surface area contributed by atoms with Gasteiger partial charge in [-0.3, -0.25) is 4.79 Å². The Balaban J connectivity index is 2.14. The number of aliphatic hydroxyl groups is 1. The molecule has 0 saturated heterocycles. The predicted molar refractivity (Wildman–Crippen MR) is 71.3 cm³/mol. The molecule has 3 nitrogen and oxygen atoms in total. The number of aryl methyl sites for hydroxylation is 2. The maximum Gasteiger partial charge on any atom is 0.220 e. The number of nitrogens with one attached hydrogen (secondary N) is 1. The summed E-state index contributed by atoms with van der Waals surface area (Å²) in [4.78, 5) is 12.9. The van der Waals surface area contributed by atoms with Gasteiger partial charge in [0.15, 0.2) is 0 Å². The lowest BCUT2D eigenvalue weighted by Gasteiger charge is -2.09. The van der Waals surface area contributed by atoms with Gasteiger partial charge in [-0.2, -0.15) is 0 Å². The zero-order chi connectivity index (χ0) is 12.7. The van der Waals surface area contributed by atoms with Crippen LogP contribution in [0.2, 0.25) is 0 Å². The first kappa shape index (κ1) is 14.2. The highest BCUT2D eigenvalue weighted by molar-refractivity contribution is 7.10. The Labute approximate surface area is 107 Å². The molecule has 2 N–H and O–H groups in total. The van der Waals surface area contributed by atoms with Gasteiger partial charge in [-0.25, -0.2) is 0 Å². The molecule has 0 bridgehead atoms. The normalized spacial score (nSPS) is 12.4. The lowest BCUT2D eigenvalue weighted by Crippen LogP contribution is -2.29. The minimum Gasteiger partial charge on any atom is -0.396 e. The summed E-state index contributed by atoms with van der Waals surface area (Å²) >= 11 is 1.76. The standard InChI is InChI=1S/C13H21NO2S/c1-10(9-15)8-14-13(16)5-3-4-12-11(2)6-7-17-12/h6-7,10,15H,3-5,8-9H2,1-2H3,(H,14,16). The second kappa shape index (κ2) is 7.45. The van der Waals surface area contributed by atoms with E-state index in [9.17, 15) is 4.79 Å². The summed E-state index contributed by atoms with van der Waals surface area (Å²) in [7, 11) is 0. The second-order valence-electron chi connectivity index (χ2n) is 4.47. The van der Waals surface area contributed by atoms with E-state index in [1.807, 2.05) is 6.92 Å². The molecule has 4 heteroatoms. The van der Waals surface area contributed by atoms with Crippen LogP contribution in [0.4, 0.5) is 0 Å². The van der Waals surface area contributed by atoms with Crippen molar-refractivity contribution in [2.24, 2.45) is 5.92 Å². The van der Waals surface area contributed by atoms with Crippen molar-refractivity contribution in [2.45, 2.75) is 33.1 Å². The first-order valence-electron chi connectivity index (χ1n) is 6.04. The lowest BCUT2D eigenvalue weighted by molar-refractivity contribution is -0.121. The molecule has 0 aliphatic carbocycles. The van der Waals surface area contributed by atoms with Crippen LogP contribution in [0.1, 0.15) is 30.2 Å². The summed E-state index contributed by atoms with van der Waals surface area (Å²) in [6, 6.07) is 2.11. The van der Waals surface area contributed by atoms with Gasteiger partial charge in [0.25, 0.3) is 0 Å². The van der Waals surface area contributed by atoms with Crippen molar-refractivity contribution in [2.75, 3.05) is 13.2 Å². The molecule has 0 saturated carbocycles. The monoisotopic (exact) mass is 255 g/mol. The van der Waals surface area contributed by atoms with Crippen molar-refractivity contribution < 1.29 is 9.90 Å². The SMILES string of the molecule is Cc1ccsc1CCCC(=O)NCC(C)CO. The summed E-state index contributed by atoms with van der Waals surface area (Å²) < 4.78 is 0. The van der Waals surface area contributed by atoms with Crippen LogP contribution in [0.3, 0.4) is 0 Å². The number of thiophene rings is 1. The zero-order valence-electron chi connectivity index (χ0n) is 10.5. The molecule has 96 valence electrons. The van der Waals surface area contributed by atoms with Gasteiger partial charge in [-0.05, 0) is 42.7 Å². The summed E-state index contributed by atoms with van der Waals surface area (Å²) in [5.74, 6) is 0.220. The van der Waals surface area contributed by atoms with Gasteiger partial charge in [0.2, 0.25) is 5.91 Å². The molecule has 0 aromatic carbocycles. The Morgan fingerprint density at radius 1 is 1.59 bits per heavy atom. The Bertz CT molecular complexity index is 349. The maximum absolute atomic E-state index is 11.5. The molecular weight excluding hydrogens is 234 g/mol. The van der Waals surface area contributed by atoms with E-state index in [1.54, 1.807) is 11.3 Å². The molecule has 17 heavy (non-hydrogen) atoms. The van der Waals surface area contributed by atoms with Gasteiger partial charge in [-0.1, -0.05) is 6.92 Å². The molecule has 0 aliphatic rings. The number of hydrogen-bond donors (Lipinski definition) is 2. The highest BCUT2D eigenvalue weighted by Crippen LogP contribution is 2.17. The van der Waals surface area contributed by atoms with E-state index in [2.05, 4.69) is 23.7 Å². The van der Waals surface area contributed by atoms with Crippen molar-refractivity contribution in [1.82, 2.24) is 5.32 Å². The van der Waals surface area contributed by atoms with E-state index in [4.69, 9.17) is 5.11 Å². The van der Waals surface area contributed by atoms with E-state index in [0.717, 1.165) is 12.8 Å². The first-order valence-corrected chi connectivity index (χ1v) is 6.92. The van der Waals surface area contributed by atoms with Gasteiger partial charge in [-0.15, -0.1) is 11.3 Å². The molecule has 0 radical (unpaired) electrons. The van der Waals surface area contributed by atoms with E-state index in [-0.39, 0.29) is 18.4 Å². The van der Waals surface area contributed by atoms with Gasteiger partial charge < -0.3 is 10.4 Å². The molecule has 0 fully saturated rings. The third-order valence-electron chi connectivity index (χ3n) is 2.74. The third-order valence-corrected chi connectivity index (χ3v) is 3.82. The fourth-order valence-corrected chi connectivity index (χ4v) is 2.46. The van der Waals surface area contributed by atoms with Crippen molar-refractivity contribution >= 4 is 17.2 Å².